The van der Waals surface area contributed by atoms with E-state index in [1.54, 1.807) is 34.6 Å². The quantitative estimate of drug-likeness (QED) is 0.313. The number of rotatable bonds is 7. The maximum absolute atomic E-state index is 12.2. The van der Waals surface area contributed by atoms with Crippen molar-refractivity contribution >= 4 is 17.7 Å². The van der Waals surface area contributed by atoms with Crippen LogP contribution in [0.1, 0.15) is 54.4 Å². The Morgan fingerprint density at radius 3 is 1.95 bits per heavy atom. The molecule has 21 heavy (non-hydrogen) atoms. The molecule has 0 spiro atoms. The zero-order valence-electron chi connectivity index (χ0n) is 13.9. The number of ether oxygens (including phenoxy) is 2. The SMILES string of the molecule is C=C(C)C(=O)OCCCC(C)(C(C)=O)C(=O)OC(C)(C)C. The predicted molar refractivity (Wildman–Crippen MR) is 79.6 cm³/mol. The van der Waals surface area contributed by atoms with Crippen LogP contribution in [0.25, 0.3) is 0 Å². The van der Waals surface area contributed by atoms with Gasteiger partial charge in [0.2, 0.25) is 0 Å². The number of hydrogen-bond donors (Lipinski definition) is 0. The smallest absolute Gasteiger partial charge is 0.333 e. The summed E-state index contributed by atoms with van der Waals surface area (Å²) in [4.78, 5) is 35.2. The highest BCUT2D eigenvalue weighted by Crippen LogP contribution is 2.28. The molecule has 0 fully saturated rings. The molecule has 0 aliphatic rings. The van der Waals surface area contributed by atoms with Crippen molar-refractivity contribution in [1.29, 1.82) is 0 Å². The molecule has 0 saturated heterocycles. The van der Waals surface area contributed by atoms with E-state index in [4.69, 9.17) is 9.47 Å². The average molecular weight is 298 g/mol. The van der Waals surface area contributed by atoms with Gasteiger partial charge in [0.05, 0.1) is 6.61 Å². The zero-order valence-corrected chi connectivity index (χ0v) is 13.9. The van der Waals surface area contributed by atoms with Gasteiger partial charge in [0.25, 0.3) is 0 Å². The predicted octanol–water partition coefficient (Wildman–Crippen LogP) is 2.82. The Balaban J connectivity index is 4.62. The summed E-state index contributed by atoms with van der Waals surface area (Å²) in [5.41, 5.74) is -1.56. The van der Waals surface area contributed by atoms with Crippen LogP contribution in [-0.2, 0) is 23.9 Å². The second kappa shape index (κ2) is 7.38. The Hall–Kier alpha value is -1.65. The van der Waals surface area contributed by atoms with Crippen molar-refractivity contribution in [3.63, 3.8) is 0 Å². The fraction of sp³-hybridized carbons (Fsp3) is 0.688. The summed E-state index contributed by atoms with van der Waals surface area (Å²) in [6.07, 6.45) is 0.662. The van der Waals surface area contributed by atoms with Crippen molar-refractivity contribution in [3.05, 3.63) is 12.2 Å². The molecule has 120 valence electrons. The van der Waals surface area contributed by atoms with Gasteiger partial charge in [-0.15, -0.1) is 0 Å². The maximum Gasteiger partial charge on any atom is 0.333 e. The van der Waals surface area contributed by atoms with Gasteiger partial charge in [0.15, 0.2) is 0 Å². The number of esters is 2. The largest absolute Gasteiger partial charge is 0.462 e. The van der Waals surface area contributed by atoms with Gasteiger partial charge in [-0.1, -0.05) is 6.58 Å². The molecule has 0 heterocycles. The minimum absolute atomic E-state index is 0.136. The first kappa shape index (κ1) is 19.4. The zero-order chi connectivity index (χ0) is 16.8. The second-order valence-corrected chi connectivity index (χ2v) is 6.41. The van der Waals surface area contributed by atoms with Crippen molar-refractivity contribution in [1.82, 2.24) is 0 Å². The summed E-state index contributed by atoms with van der Waals surface area (Å²) in [6.45, 7) is 13.3. The highest BCUT2D eigenvalue weighted by atomic mass is 16.6. The van der Waals surface area contributed by atoms with Gasteiger partial charge < -0.3 is 9.47 Å². The third-order valence-electron chi connectivity index (χ3n) is 3.03. The van der Waals surface area contributed by atoms with Crippen LogP contribution in [0.5, 0.6) is 0 Å². The fourth-order valence-electron chi connectivity index (χ4n) is 1.53. The number of carbonyl (C=O) groups excluding carboxylic acids is 3. The number of carbonyl (C=O) groups is 3. The van der Waals surface area contributed by atoms with E-state index in [9.17, 15) is 14.4 Å². The molecule has 0 aliphatic carbocycles. The molecule has 0 aromatic carbocycles. The summed E-state index contributed by atoms with van der Waals surface area (Å²) < 4.78 is 10.3. The second-order valence-electron chi connectivity index (χ2n) is 6.41. The standard InChI is InChI=1S/C16H26O5/c1-11(2)13(18)20-10-8-9-16(7,12(3)17)14(19)21-15(4,5)6/h1,8-10H2,2-7H3. The van der Waals surface area contributed by atoms with Crippen LogP contribution in [-0.4, -0.2) is 29.9 Å². The average Bonchev–Trinajstić information content (AvgIpc) is 2.31. The minimum Gasteiger partial charge on any atom is -0.462 e. The normalized spacial score (nSPS) is 14.0. The van der Waals surface area contributed by atoms with E-state index in [-0.39, 0.29) is 18.8 Å². The fourth-order valence-corrected chi connectivity index (χ4v) is 1.53. The molecule has 0 saturated carbocycles. The Bertz CT molecular complexity index is 430. The van der Waals surface area contributed by atoms with Crippen molar-refractivity contribution in [2.45, 2.75) is 60.0 Å². The van der Waals surface area contributed by atoms with E-state index in [0.29, 0.717) is 12.0 Å². The Morgan fingerprint density at radius 2 is 1.57 bits per heavy atom. The van der Waals surface area contributed by atoms with Crippen LogP contribution in [0.3, 0.4) is 0 Å². The van der Waals surface area contributed by atoms with Crippen molar-refractivity contribution < 1.29 is 23.9 Å². The molecule has 5 heteroatoms. The molecule has 0 rings (SSSR count). The molecule has 1 atom stereocenters. The highest BCUT2D eigenvalue weighted by molar-refractivity contribution is 6.02. The lowest BCUT2D eigenvalue weighted by molar-refractivity contribution is -0.169. The Morgan fingerprint density at radius 1 is 1.05 bits per heavy atom. The van der Waals surface area contributed by atoms with Crippen LogP contribution in [0.15, 0.2) is 12.2 Å². The number of ketones is 1. The van der Waals surface area contributed by atoms with Crippen LogP contribution in [0.2, 0.25) is 0 Å². The van der Waals surface area contributed by atoms with E-state index in [1.165, 1.54) is 6.92 Å². The van der Waals surface area contributed by atoms with Gasteiger partial charge in [-0.3, -0.25) is 9.59 Å². The van der Waals surface area contributed by atoms with Crippen molar-refractivity contribution in [2.75, 3.05) is 6.61 Å². The Labute approximate surface area is 126 Å². The van der Waals surface area contributed by atoms with Gasteiger partial charge >= 0.3 is 11.9 Å². The van der Waals surface area contributed by atoms with Gasteiger partial charge in [-0.05, 0) is 54.4 Å². The molecule has 0 amide bonds. The monoisotopic (exact) mass is 298 g/mol. The minimum atomic E-state index is -1.22. The molecular weight excluding hydrogens is 272 g/mol. The summed E-state index contributed by atoms with van der Waals surface area (Å²) in [7, 11) is 0. The first-order chi connectivity index (χ1) is 9.40. The lowest BCUT2D eigenvalue weighted by atomic mass is 9.81. The molecule has 5 nitrogen and oxygen atoms in total. The van der Waals surface area contributed by atoms with Gasteiger partial charge in [-0.25, -0.2) is 4.79 Å². The molecule has 1 unspecified atom stereocenters. The molecule has 0 aromatic heterocycles. The third kappa shape index (κ3) is 6.56. The van der Waals surface area contributed by atoms with Crippen LogP contribution in [0.4, 0.5) is 0 Å². The molecular formula is C16H26O5. The summed E-state index contributed by atoms with van der Waals surface area (Å²) in [6, 6.07) is 0. The van der Waals surface area contributed by atoms with E-state index in [1.807, 2.05) is 0 Å². The molecule has 0 radical (unpaired) electrons. The van der Waals surface area contributed by atoms with Crippen LogP contribution < -0.4 is 0 Å². The molecule has 0 aliphatic heterocycles. The van der Waals surface area contributed by atoms with E-state index < -0.39 is 23.0 Å². The van der Waals surface area contributed by atoms with Gasteiger partial charge in [0.1, 0.15) is 16.8 Å². The summed E-state index contributed by atoms with van der Waals surface area (Å²) >= 11 is 0. The summed E-state index contributed by atoms with van der Waals surface area (Å²) in [5, 5.41) is 0. The van der Waals surface area contributed by atoms with Gasteiger partial charge in [-0.2, -0.15) is 0 Å². The van der Waals surface area contributed by atoms with Crippen LogP contribution >= 0.6 is 0 Å². The topological polar surface area (TPSA) is 69.7 Å². The van der Waals surface area contributed by atoms with Crippen LogP contribution in [0, 0.1) is 5.41 Å². The molecule has 0 N–H and O–H groups in total. The lowest BCUT2D eigenvalue weighted by Gasteiger charge is -2.29. The van der Waals surface area contributed by atoms with E-state index in [2.05, 4.69) is 6.58 Å². The highest BCUT2D eigenvalue weighted by Gasteiger charge is 2.41. The molecule has 0 aromatic rings. The van der Waals surface area contributed by atoms with Crippen molar-refractivity contribution in [3.8, 4) is 0 Å². The lowest BCUT2D eigenvalue weighted by Crippen LogP contribution is -2.40. The third-order valence-corrected chi connectivity index (χ3v) is 3.03. The van der Waals surface area contributed by atoms with E-state index in [0.717, 1.165) is 0 Å². The van der Waals surface area contributed by atoms with Gasteiger partial charge in [0, 0.05) is 5.57 Å². The number of hydrogen-bond acceptors (Lipinski definition) is 5. The Kier molecular flexibility index (Phi) is 6.80. The number of Topliss-reactive ketones (excluding diaryl/α,β-unsaturated/α-hetero) is 1. The maximum atomic E-state index is 12.2. The van der Waals surface area contributed by atoms with E-state index >= 15 is 0 Å². The summed E-state index contributed by atoms with van der Waals surface area (Å²) in [5.74, 6) is -1.28. The first-order valence-electron chi connectivity index (χ1n) is 6.97. The van der Waals surface area contributed by atoms with Crippen molar-refractivity contribution in [2.24, 2.45) is 5.41 Å². The molecule has 0 bridgehead atoms. The first-order valence-corrected chi connectivity index (χ1v) is 6.97.